The number of β-amino-alcohol motifs (C(OH)–C–C–N with tert-alkyl or cyclic N) is 1. The summed E-state index contributed by atoms with van der Waals surface area (Å²) in [6.07, 6.45) is 0.477. The number of nitrogens with one attached hydrogen (secondary N) is 2. The maximum Gasteiger partial charge on any atom is 0.223 e. The second-order valence-electron chi connectivity index (χ2n) is 5.85. The molecule has 1 amide bonds. The molecule has 4 unspecified atom stereocenters. The van der Waals surface area contributed by atoms with Gasteiger partial charge in [0.25, 0.3) is 0 Å². The van der Waals surface area contributed by atoms with Gasteiger partial charge in [0.1, 0.15) is 0 Å². The molecule has 1 heterocycles. The van der Waals surface area contributed by atoms with Gasteiger partial charge in [-0.1, -0.05) is 29.3 Å². The molecule has 21 heavy (non-hydrogen) atoms. The van der Waals surface area contributed by atoms with Crippen LogP contribution in [0.5, 0.6) is 0 Å². The highest BCUT2D eigenvalue weighted by atomic mass is 35.5. The minimum Gasteiger partial charge on any atom is -0.391 e. The molecule has 1 saturated heterocycles. The topological polar surface area (TPSA) is 61.4 Å². The summed E-state index contributed by atoms with van der Waals surface area (Å²) in [5.74, 6) is 0.404. The van der Waals surface area contributed by atoms with Crippen molar-refractivity contribution in [3.05, 3.63) is 33.8 Å². The zero-order chi connectivity index (χ0) is 15.0. The van der Waals surface area contributed by atoms with E-state index in [4.69, 9.17) is 23.2 Å². The lowest BCUT2D eigenvalue weighted by Gasteiger charge is -2.14. The van der Waals surface area contributed by atoms with Gasteiger partial charge in [-0.15, -0.1) is 0 Å². The lowest BCUT2D eigenvalue weighted by atomic mass is 10.1. The second-order valence-corrected chi connectivity index (χ2v) is 6.67. The molecule has 1 aliphatic heterocycles. The normalized spacial score (nSPS) is 31.2. The highest BCUT2D eigenvalue weighted by Crippen LogP contribution is 2.48. The predicted molar refractivity (Wildman–Crippen MR) is 82.7 cm³/mol. The molecule has 3 rings (SSSR count). The first-order valence-corrected chi connectivity index (χ1v) is 7.93. The van der Waals surface area contributed by atoms with Crippen molar-refractivity contribution < 1.29 is 9.90 Å². The summed E-state index contributed by atoms with van der Waals surface area (Å²) in [5.41, 5.74) is 1.06. The summed E-state index contributed by atoms with van der Waals surface area (Å²) in [6, 6.07) is 5.54. The summed E-state index contributed by atoms with van der Waals surface area (Å²) in [5, 5.41) is 16.8. The van der Waals surface area contributed by atoms with Crippen LogP contribution in [0.3, 0.4) is 0 Å². The van der Waals surface area contributed by atoms with E-state index in [1.807, 2.05) is 12.1 Å². The van der Waals surface area contributed by atoms with Gasteiger partial charge in [0.05, 0.1) is 16.1 Å². The largest absolute Gasteiger partial charge is 0.391 e. The highest BCUT2D eigenvalue weighted by molar-refractivity contribution is 6.42. The number of halogens is 2. The average molecular weight is 329 g/mol. The lowest BCUT2D eigenvalue weighted by molar-refractivity contribution is -0.122. The van der Waals surface area contributed by atoms with Crippen LogP contribution < -0.4 is 10.6 Å². The first-order valence-electron chi connectivity index (χ1n) is 7.17. The quantitative estimate of drug-likeness (QED) is 0.789. The van der Waals surface area contributed by atoms with Gasteiger partial charge in [-0.2, -0.15) is 0 Å². The number of amides is 1. The Balaban J connectivity index is 1.52. The molecule has 4 nitrogen and oxygen atoms in total. The Bertz CT molecular complexity index is 552. The van der Waals surface area contributed by atoms with Crippen LogP contribution in [0, 0.1) is 11.8 Å². The SMILES string of the molecule is O=C(NCC1CNCC1O)C1CC1c1ccc(Cl)c(Cl)c1. The molecule has 114 valence electrons. The van der Waals surface area contributed by atoms with Crippen LogP contribution in [0.15, 0.2) is 18.2 Å². The third kappa shape index (κ3) is 3.34. The molecular formula is C15H18Cl2N2O2. The zero-order valence-electron chi connectivity index (χ0n) is 11.5. The Morgan fingerprint density at radius 1 is 1.33 bits per heavy atom. The van der Waals surface area contributed by atoms with Gasteiger partial charge in [0.15, 0.2) is 0 Å². The lowest BCUT2D eigenvalue weighted by Crippen LogP contribution is -2.35. The van der Waals surface area contributed by atoms with Crippen LogP contribution in [-0.4, -0.2) is 36.8 Å². The van der Waals surface area contributed by atoms with E-state index in [1.54, 1.807) is 6.07 Å². The van der Waals surface area contributed by atoms with E-state index in [-0.39, 0.29) is 29.8 Å². The molecular weight excluding hydrogens is 311 g/mol. The van der Waals surface area contributed by atoms with Gasteiger partial charge in [-0.05, 0) is 30.0 Å². The predicted octanol–water partition coefficient (Wildman–Crippen LogP) is 1.79. The van der Waals surface area contributed by atoms with Gasteiger partial charge in [-0.25, -0.2) is 0 Å². The summed E-state index contributed by atoms with van der Waals surface area (Å²) in [6.45, 7) is 1.88. The van der Waals surface area contributed by atoms with Crippen molar-refractivity contribution in [2.24, 2.45) is 11.8 Å². The fraction of sp³-hybridized carbons (Fsp3) is 0.533. The first kappa shape index (κ1) is 15.1. The Labute approximate surface area is 133 Å². The highest BCUT2D eigenvalue weighted by Gasteiger charge is 2.44. The molecule has 3 N–H and O–H groups in total. The first-order chi connectivity index (χ1) is 10.1. The Morgan fingerprint density at radius 2 is 2.14 bits per heavy atom. The molecule has 1 aliphatic carbocycles. The molecule has 4 atom stereocenters. The van der Waals surface area contributed by atoms with Gasteiger partial charge < -0.3 is 15.7 Å². The van der Waals surface area contributed by atoms with Crippen LogP contribution in [-0.2, 0) is 4.79 Å². The smallest absolute Gasteiger partial charge is 0.223 e. The number of aliphatic hydroxyl groups excluding tert-OH is 1. The molecule has 6 heteroatoms. The molecule has 1 aromatic rings. The van der Waals surface area contributed by atoms with Gasteiger partial charge in [0, 0.05) is 31.5 Å². The van der Waals surface area contributed by atoms with Gasteiger partial charge in [-0.3, -0.25) is 4.79 Å². The molecule has 2 aliphatic rings. The Hall–Kier alpha value is -0.810. The van der Waals surface area contributed by atoms with Crippen molar-refractivity contribution in [1.82, 2.24) is 10.6 Å². The Kier molecular flexibility index (Phi) is 4.41. The summed E-state index contributed by atoms with van der Waals surface area (Å²) in [4.78, 5) is 12.1. The molecule has 0 bridgehead atoms. The van der Waals surface area contributed by atoms with E-state index < -0.39 is 0 Å². The third-order valence-corrected chi connectivity index (χ3v) is 5.08. The molecule has 0 spiro atoms. The fourth-order valence-electron chi connectivity index (χ4n) is 2.89. The number of hydrogen-bond acceptors (Lipinski definition) is 3. The van der Waals surface area contributed by atoms with E-state index in [0.717, 1.165) is 18.5 Å². The van der Waals surface area contributed by atoms with Crippen molar-refractivity contribution in [2.75, 3.05) is 19.6 Å². The van der Waals surface area contributed by atoms with Crippen LogP contribution in [0.2, 0.25) is 10.0 Å². The summed E-state index contributed by atoms with van der Waals surface area (Å²) >= 11 is 11.9. The van der Waals surface area contributed by atoms with E-state index in [2.05, 4.69) is 10.6 Å². The van der Waals surface area contributed by atoms with Crippen molar-refractivity contribution in [3.63, 3.8) is 0 Å². The van der Waals surface area contributed by atoms with E-state index in [9.17, 15) is 9.90 Å². The summed E-state index contributed by atoms with van der Waals surface area (Å²) in [7, 11) is 0. The number of benzene rings is 1. The van der Waals surface area contributed by atoms with Crippen LogP contribution in [0.4, 0.5) is 0 Å². The van der Waals surface area contributed by atoms with Crippen molar-refractivity contribution in [3.8, 4) is 0 Å². The number of hydrogen-bond donors (Lipinski definition) is 3. The van der Waals surface area contributed by atoms with Gasteiger partial charge in [0.2, 0.25) is 5.91 Å². The number of carbonyl (C=O) groups is 1. The molecule has 1 aromatic carbocycles. The molecule has 2 fully saturated rings. The van der Waals surface area contributed by atoms with E-state index in [0.29, 0.717) is 23.1 Å². The van der Waals surface area contributed by atoms with Crippen molar-refractivity contribution in [1.29, 1.82) is 0 Å². The summed E-state index contributed by atoms with van der Waals surface area (Å²) < 4.78 is 0. The van der Waals surface area contributed by atoms with Crippen molar-refractivity contribution >= 4 is 29.1 Å². The van der Waals surface area contributed by atoms with Crippen LogP contribution in [0.25, 0.3) is 0 Å². The average Bonchev–Trinajstić information content (AvgIpc) is 3.16. The molecule has 0 radical (unpaired) electrons. The van der Waals surface area contributed by atoms with Crippen LogP contribution in [0.1, 0.15) is 17.9 Å². The number of rotatable bonds is 4. The molecule has 0 aromatic heterocycles. The van der Waals surface area contributed by atoms with Gasteiger partial charge >= 0.3 is 0 Å². The molecule has 1 saturated carbocycles. The minimum absolute atomic E-state index is 0.00810. The minimum atomic E-state index is -0.365. The maximum atomic E-state index is 12.1. The van der Waals surface area contributed by atoms with E-state index in [1.165, 1.54) is 0 Å². The maximum absolute atomic E-state index is 12.1. The monoisotopic (exact) mass is 328 g/mol. The number of carbonyl (C=O) groups excluding carboxylic acids is 1. The van der Waals surface area contributed by atoms with Crippen molar-refractivity contribution in [2.45, 2.75) is 18.4 Å². The third-order valence-electron chi connectivity index (χ3n) is 4.34. The second kappa shape index (κ2) is 6.13. The zero-order valence-corrected chi connectivity index (χ0v) is 13.0. The Morgan fingerprint density at radius 3 is 2.81 bits per heavy atom. The van der Waals surface area contributed by atoms with E-state index >= 15 is 0 Å². The number of aliphatic hydroxyl groups is 1. The fourth-order valence-corrected chi connectivity index (χ4v) is 3.19. The standard InChI is InChI=1S/C15H18Cl2N2O2/c16-12-2-1-8(3-13(12)17)10-4-11(10)15(21)19-6-9-5-18-7-14(9)20/h1-3,9-11,14,18,20H,4-7H2,(H,19,21). The van der Waals surface area contributed by atoms with Crippen LogP contribution >= 0.6 is 23.2 Å².